The summed E-state index contributed by atoms with van der Waals surface area (Å²) in [5.41, 5.74) is 0.999. The number of carbonyl (C=O) groups is 1. The smallest absolute Gasteiger partial charge is 0.326 e. The van der Waals surface area contributed by atoms with Gasteiger partial charge in [0.05, 0.1) is 11.6 Å². The molecule has 6 heteroatoms. The quantitative estimate of drug-likeness (QED) is 0.945. The van der Waals surface area contributed by atoms with Crippen molar-refractivity contribution in [3.63, 3.8) is 0 Å². The highest BCUT2D eigenvalue weighted by atomic mass is 35.5. The lowest BCUT2D eigenvalue weighted by Gasteiger charge is -2.11. The molecule has 0 radical (unpaired) electrons. The number of aromatic nitrogens is 1. The third-order valence-corrected chi connectivity index (χ3v) is 3.37. The number of rotatable bonds is 3. The van der Waals surface area contributed by atoms with E-state index < -0.39 is 17.6 Å². The first-order valence-corrected chi connectivity index (χ1v) is 6.47. The number of nitriles is 1. The van der Waals surface area contributed by atoms with Gasteiger partial charge in [0.1, 0.15) is 6.04 Å². The molecule has 2 rings (SSSR count). The van der Waals surface area contributed by atoms with E-state index in [1.54, 1.807) is 24.3 Å². The summed E-state index contributed by atoms with van der Waals surface area (Å²) in [7, 11) is 0. The Kier molecular flexibility index (Phi) is 4.10. The van der Waals surface area contributed by atoms with Crippen LogP contribution in [0.2, 0.25) is 5.02 Å². The second-order valence-corrected chi connectivity index (χ2v) is 4.91. The van der Waals surface area contributed by atoms with Crippen LogP contribution in [0.5, 0.6) is 0 Å². The number of hydrogen-bond acceptors (Lipinski definition) is 3. The van der Waals surface area contributed by atoms with Gasteiger partial charge < -0.3 is 9.67 Å². The standard InChI is InChI=1S/C15H11ClN2O3/c1-9(15(20)21)18-5-4-10(6-14(18)19)13-7-12(16)3-2-11(13)8-17/h2-7,9H,1H3,(H,20,21)/t9-/m1/s1. The molecule has 106 valence electrons. The molecular weight excluding hydrogens is 292 g/mol. The molecule has 1 aromatic heterocycles. The van der Waals surface area contributed by atoms with Crippen LogP contribution in [-0.2, 0) is 4.79 Å². The van der Waals surface area contributed by atoms with Gasteiger partial charge in [-0.1, -0.05) is 11.6 Å². The van der Waals surface area contributed by atoms with Crippen molar-refractivity contribution in [1.82, 2.24) is 4.57 Å². The van der Waals surface area contributed by atoms with E-state index in [-0.39, 0.29) is 0 Å². The zero-order valence-electron chi connectivity index (χ0n) is 11.1. The van der Waals surface area contributed by atoms with E-state index in [1.807, 2.05) is 6.07 Å². The number of aliphatic carboxylic acids is 1. The first kappa shape index (κ1) is 14.8. The van der Waals surface area contributed by atoms with Gasteiger partial charge in [-0.3, -0.25) is 4.79 Å². The van der Waals surface area contributed by atoms with Gasteiger partial charge in [-0.25, -0.2) is 4.79 Å². The first-order valence-electron chi connectivity index (χ1n) is 6.09. The summed E-state index contributed by atoms with van der Waals surface area (Å²) in [6.45, 7) is 1.42. The predicted octanol–water partition coefficient (Wildman–Crippen LogP) is 2.69. The SMILES string of the molecule is C[C@H](C(=O)O)n1ccc(-c2cc(Cl)ccc2C#N)cc1=O. The highest BCUT2D eigenvalue weighted by Crippen LogP contribution is 2.25. The lowest BCUT2D eigenvalue weighted by atomic mass is 10.0. The minimum Gasteiger partial charge on any atom is -0.480 e. The van der Waals surface area contributed by atoms with Crippen molar-refractivity contribution in [2.45, 2.75) is 13.0 Å². The molecule has 0 aliphatic rings. The Morgan fingerprint density at radius 1 is 1.38 bits per heavy atom. The van der Waals surface area contributed by atoms with Gasteiger partial charge in [0.15, 0.2) is 0 Å². The summed E-state index contributed by atoms with van der Waals surface area (Å²) in [4.78, 5) is 23.0. The van der Waals surface area contributed by atoms with Gasteiger partial charge in [0.25, 0.3) is 5.56 Å². The predicted molar refractivity (Wildman–Crippen MR) is 78.2 cm³/mol. The highest BCUT2D eigenvalue weighted by molar-refractivity contribution is 6.30. The van der Waals surface area contributed by atoms with Crippen LogP contribution in [0.1, 0.15) is 18.5 Å². The van der Waals surface area contributed by atoms with Gasteiger partial charge in [-0.15, -0.1) is 0 Å². The Labute approximate surface area is 125 Å². The molecule has 0 saturated carbocycles. The van der Waals surface area contributed by atoms with Gasteiger partial charge in [0.2, 0.25) is 0 Å². The van der Waals surface area contributed by atoms with Crippen LogP contribution in [0.15, 0.2) is 41.3 Å². The summed E-state index contributed by atoms with van der Waals surface area (Å²) in [5, 5.41) is 18.5. The minimum absolute atomic E-state index is 0.392. The number of carboxylic acids is 1. The van der Waals surface area contributed by atoms with Crippen molar-refractivity contribution in [1.29, 1.82) is 5.26 Å². The van der Waals surface area contributed by atoms with E-state index in [2.05, 4.69) is 0 Å². The lowest BCUT2D eigenvalue weighted by Crippen LogP contribution is -2.26. The molecule has 1 aromatic carbocycles. The van der Waals surface area contributed by atoms with Gasteiger partial charge in [-0.05, 0) is 36.8 Å². The topological polar surface area (TPSA) is 83.1 Å². The summed E-state index contributed by atoms with van der Waals surface area (Å²) in [6.07, 6.45) is 1.40. The lowest BCUT2D eigenvalue weighted by molar-refractivity contribution is -0.140. The van der Waals surface area contributed by atoms with Crippen LogP contribution in [0.3, 0.4) is 0 Å². The second kappa shape index (κ2) is 5.81. The number of carboxylic acid groups (broad SMARTS) is 1. The largest absolute Gasteiger partial charge is 0.480 e. The zero-order valence-corrected chi connectivity index (χ0v) is 11.8. The monoisotopic (exact) mass is 302 g/mol. The Morgan fingerprint density at radius 2 is 2.10 bits per heavy atom. The normalized spacial score (nSPS) is 11.7. The molecule has 1 atom stereocenters. The Balaban J connectivity index is 2.56. The molecule has 1 N–H and O–H groups in total. The molecule has 0 unspecified atom stereocenters. The molecule has 0 bridgehead atoms. The third-order valence-electron chi connectivity index (χ3n) is 3.14. The second-order valence-electron chi connectivity index (χ2n) is 4.48. The summed E-state index contributed by atoms with van der Waals surface area (Å²) < 4.78 is 1.11. The van der Waals surface area contributed by atoms with Crippen LogP contribution in [0, 0.1) is 11.3 Å². The maximum absolute atomic E-state index is 12.0. The number of hydrogen-bond donors (Lipinski definition) is 1. The van der Waals surface area contributed by atoms with Crippen LogP contribution in [-0.4, -0.2) is 15.6 Å². The number of halogens is 1. The molecule has 21 heavy (non-hydrogen) atoms. The van der Waals surface area contributed by atoms with Crippen molar-refractivity contribution in [2.75, 3.05) is 0 Å². The maximum Gasteiger partial charge on any atom is 0.326 e. The average Bonchev–Trinajstić information content (AvgIpc) is 2.46. The fourth-order valence-electron chi connectivity index (χ4n) is 1.95. The van der Waals surface area contributed by atoms with E-state index >= 15 is 0 Å². The molecule has 0 aliphatic carbocycles. The van der Waals surface area contributed by atoms with Gasteiger partial charge in [0, 0.05) is 22.8 Å². The Morgan fingerprint density at radius 3 is 2.67 bits per heavy atom. The van der Waals surface area contributed by atoms with Crippen molar-refractivity contribution < 1.29 is 9.90 Å². The maximum atomic E-state index is 12.0. The average molecular weight is 303 g/mol. The number of benzene rings is 1. The van der Waals surface area contributed by atoms with E-state index in [9.17, 15) is 9.59 Å². The molecule has 0 amide bonds. The minimum atomic E-state index is -1.09. The fraction of sp³-hybridized carbons (Fsp3) is 0.133. The van der Waals surface area contributed by atoms with Crippen LogP contribution in [0.25, 0.3) is 11.1 Å². The molecular formula is C15H11ClN2O3. The summed E-state index contributed by atoms with van der Waals surface area (Å²) in [5.74, 6) is -1.09. The molecule has 0 saturated heterocycles. The van der Waals surface area contributed by atoms with Crippen LogP contribution >= 0.6 is 11.6 Å². The first-order chi connectivity index (χ1) is 9.93. The number of pyridine rings is 1. The number of nitrogens with zero attached hydrogens (tertiary/aromatic N) is 2. The molecule has 2 aromatic rings. The molecule has 0 fully saturated rings. The Hall–Kier alpha value is -2.58. The van der Waals surface area contributed by atoms with E-state index in [0.29, 0.717) is 21.7 Å². The van der Waals surface area contributed by atoms with Gasteiger partial charge >= 0.3 is 5.97 Å². The fourth-order valence-corrected chi connectivity index (χ4v) is 2.12. The van der Waals surface area contributed by atoms with Crippen molar-refractivity contribution in [3.05, 3.63) is 57.5 Å². The van der Waals surface area contributed by atoms with Crippen LogP contribution in [0.4, 0.5) is 0 Å². The summed E-state index contributed by atoms with van der Waals surface area (Å²) in [6, 6.07) is 8.73. The molecule has 5 nitrogen and oxygen atoms in total. The van der Waals surface area contributed by atoms with E-state index in [0.717, 1.165) is 4.57 Å². The molecule has 0 aliphatic heterocycles. The van der Waals surface area contributed by atoms with Crippen molar-refractivity contribution >= 4 is 17.6 Å². The third kappa shape index (κ3) is 2.96. The zero-order chi connectivity index (χ0) is 15.6. The van der Waals surface area contributed by atoms with E-state index in [1.165, 1.54) is 19.2 Å². The van der Waals surface area contributed by atoms with E-state index in [4.69, 9.17) is 22.0 Å². The summed E-state index contributed by atoms with van der Waals surface area (Å²) >= 11 is 5.92. The van der Waals surface area contributed by atoms with Gasteiger partial charge in [-0.2, -0.15) is 5.26 Å². The molecule has 0 spiro atoms. The van der Waals surface area contributed by atoms with Crippen molar-refractivity contribution in [3.8, 4) is 17.2 Å². The highest BCUT2D eigenvalue weighted by Gasteiger charge is 2.15. The molecule has 1 heterocycles. The Bertz CT molecular complexity index is 805. The van der Waals surface area contributed by atoms with Crippen molar-refractivity contribution in [2.24, 2.45) is 0 Å². The van der Waals surface area contributed by atoms with Crippen LogP contribution < -0.4 is 5.56 Å².